The molecule has 0 spiro atoms. The predicted molar refractivity (Wildman–Crippen MR) is 60.6 cm³/mol. The number of rotatable bonds is 3. The number of amides is 1. The molecule has 100 valence electrons. The van der Waals surface area contributed by atoms with E-state index in [0.29, 0.717) is 0 Å². The average Bonchev–Trinajstić information content (AvgIpc) is 2.67. The lowest BCUT2D eigenvalue weighted by Crippen LogP contribution is -2.19. The van der Waals surface area contributed by atoms with Crippen molar-refractivity contribution < 1.29 is 18.0 Å². The Kier molecular flexibility index (Phi) is 4.15. The normalized spacial score (nSPS) is 12.1. The van der Waals surface area contributed by atoms with Crippen LogP contribution < -0.4 is 0 Å². The van der Waals surface area contributed by atoms with Crippen LogP contribution >= 0.6 is 0 Å². The molecule has 0 unspecified atom stereocenters. The number of hydrogen-bond donors (Lipinski definition) is 0. The summed E-state index contributed by atoms with van der Waals surface area (Å²) in [6.07, 6.45) is -0.850. The molecule has 0 atom stereocenters. The molecule has 1 rings (SSSR count). The summed E-state index contributed by atoms with van der Waals surface area (Å²) < 4.78 is 38.8. The molecule has 0 aromatic carbocycles. The van der Waals surface area contributed by atoms with Crippen LogP contribution in [0.15, 0.2) is 12.3 Å². The van der Waals surface area contributed by atoms with E-state index in [2.05, 4.69) is 4.98 Å². The zero-order valence-corrected chi connectivity index (χ0v) is 10.3. The second-order valence-corrected chi connectivity index (χ2v) is 3.81. The van der Waals surface area contributed by atoms with Crippen LogP contribution in [-0.4, -0.2) is 34.5 Å². The number of aromatic nitrogens is 2. The van der Waals surface area contributed by atoms with Crippen LogP contribution in [0.3, 0.4) is 0 Å². The Morgan fingerprint density at radius 3 is 2.56 bits per heavy atom. The number of nitrogens with zero attached hydrogens (tertiary/aromatic N) is 3. The van der Waals surface area contributed by atoms with Crippen LogP contribution in [0.1, 0.15) is 18.4 Å². The highest BCUT2D eigenvalue weighted by Gasteiger charge is 2.36. The fourth-order valence-corrected chi connectivity index (χ4v) is 1.39. The van der Waals surface area contributed by atoms with Gasteiger partial charge in [-0.1, -0.05) is 0 Å². The Morgan fingerprint density at radius 1 is 1.50 bits per heavy atom. The Bertz CT molecular complexity index is 461. The third-order valence-electron chi connectivity index (χ3n) is 2.29. The standard InChI is InChI=1S/C11H14F3N3O/c1-4-17-8(5-6-9(18)16(2)3)7-15-10(17)11(12,13)14/h5-7H,4H2,1-3H3. The number of halogens is 3. The van der Waals surface area contributed by atoms with Crippen molar-refractivity contribution in [2.45, 2.75) is 19.6 Å². The van der Waals surface area contributed by atoms with Crippen molar-refractivity contribution in [1.82, 2.24) is 14.5 Å². The highest BCUT2D eigenvalue weighted by molar-refractivity contribution is 5.91. The van der Waals surface area contributed by atoms with Crippen LogP contribution in [0.4, 0.5) is 13.2 Å². The van der Waals surface area contributed by atoms with E-state index in [4.69, 9.17) is 0 Å². The Morgan fingerprint density at radius 2 is 2.11 bits per heavy atom. The molecule has 1 aromatic heterocycles. The topological polar surface area (TPSA) is 38.1 Å². The summed E-state index contributed by atoms with van der Waals surface area (Å²) >= 11 is 0. The largest absolute Gasteiger partial charge is 0.449 e. The third-order valence-corrected chi connectivity index (χ3v) is 2.29. The fraction of sp³-hybridized carbons (Fsp3) is 0.455. The lowest BCUT2D eigenvalue weighted by Gasteiger charge is -2.10. The number of carbonyl (C=O) groups excluding carboxylic acids is 1. The van der Waals surface area contributed by atoms with Gasteiger partial charge in [-0.25, -0.2) is 4.98 Å². The van der Waals surface area contributed by atoms with Gasteiger partial charge in [0.25, 0.3) is 0 Å². The Hall–Kier alpha value is -1.79. The summed E-state index contributed by atoms with van der Waals surface area (Å²) in [5.41, 5.74) is 0.250. The van der Waals surface area contributed by atoms with Crippen LogP contribution in [0.25, 0.3) is 6.08 Å². The van der Waals surface area contributed by atoms with Crippen molar-refractivity contribution in [3.8, 4) is 0 Å². The van der Waals surface area contributed by atoms with Gasteiger partial charge in [0.05, 0.1) is 11.9 Å². The minimum absolute atomic E-state index is 0.130. The molecule has 0 saturated heterocycles. The molecule has 0 N–H and O–H groups in total. The van der Waals surface area contributed by atoms with E-state index in [0.717, 1.165) is 10.8 Å². The summed E-state index contributed by atoms with van der Waals surface area (Å²) in [6.45, 7) is 1.71. The minimum atomic E-state index is -4.49. The van der Waals surface area contributed by atoms with Crippen molar-refractivity contribution in [2.75, 3.05) is 14.1 Å². The van der Waals surface area contributed by atoms with E-state index >= 15 is 0 Å². The predicted octanol–water partition coefficient (Wildman–Crippen LogP) is 2.02. The zero-order chi connectivity index (χ0) is 13.9. The third kappa shape index (κ3) is 3.12. The van der Waals surface area contributed by atoms with Gasteiger partial charge in [-0.2, -0.15) is 13.2 Å². The van der Waals surface area contributed by atoms with Gasteiger partial charge in [0, 0.05) is 26.7 Å². The lowest BCUT2D eigenvalue weighted by molar-refractivity contribution is -0.147. The Labute approximate surface area is 103 Å². The molecular weight excluding hydrogens is 247 g/mol. The lowest BCUT2D eigenvalue weighted by atomic mass is 10.3. The maximum Gasteiger partial charge on any atom is 0.449 e. The molecule has 0 radical (unpaired) electrons. The van der Waals surface area contributed by atoms with Gasteiger partial charge >= 0.3 is 6.18 Å². The fourth-order valence-electron chi connectivity index (χ4n) is 1.39. The van der Waals surface area contributed by atoms with Gasteiger partial charge in [-0.3, -0.25) is 4.79 Å². The zero-order valence-electron chi connectivity index (χ0n) is 10.3. The van der Waals surface area contributed by atoms with Gasteiger partial charge < -0.3 is 9.47 Å². The molecule has 0 aliphatic carbocycles. The van der Waals surface area contributed by atoms with Crippen LogP contribution in [0.5, 0.6) is 0 Å². The molecule has 1 aromatic rings. The van der Waals surface area contributed by atoms with E-state index in [1.54, 1.807) is 21.0 Å². The summed E-state index contributed by atoms with van der Waals surface area (Å²) in [6, 6.07) is 0. The van der Waals surface area contributed by atoms with E-state index in [1.165, 1.54) is 17.1 Å². The number of alkyl halides is 3. The highest BCUT2D eigenvalue weighted by atomic mass is 19.4. The molecule has 0 aliphatic rings. The monoisotopic (exact) mass is 261 g/mol. The van der Waals surface area contributed by atoms with Crippen molar-refractivity contribution in [1.29, 1.82) is 0 Å². The van der Waals surface area contributed by atoms with Gasteiger partial charge in [0.15, 0.2) is 0 Å². The van der Waals surface area contributed by atoms with Crippen LogP contribution in [-0.2, 0) is 17.5 Å². The second kappa shape index (κ2) is 5.24. The maximum atomic E-state index is 12.6. The van der Waals surface area contributed by atoms with Crippen molar-refractivity contribution in [3.05, 3.63) is 23.8 Å². The van der Waals surface area contributed by atoms with Crippen molar-refractivity contribution >= 4 is 12.0 Å². The van der Waals surface area contributed by atoms with Gasteiger partial charge in [-0.15, -0.1) is 0 Å². The van der Waals surface area contributed by atoms with Crippen molar-refractivity contribution in [2.24, 2.45) is 0 Å². The first kappa shape index (κ1) is 14.3. The molecule has 0 fully saturated rings. The number of likely N-dealkylation sites (N-methyl/N-ethyl adjacent to an activating group) is 1. The Balaban J connectivity index is 3.05. The average molecular weight is 261 g/mol. The van der Waals surface area contributed by atoms with Gasteiger partial charge in [0.1, 0.15) is 0 Å². The first-order valence-electron chi connectivity index (χ1n) is 5.29. The SMILES string of the molecule is CCn1c(C=CC(=O)N(C)C)cnc1C(F)(F)F. The highest BCUT2D eigenvalue weighted by Crippen LogP contribution is 2.29. The maximum absolute atomic E-state index is 12.6. The number of carbonyl (C=O) groups is 1. The van der Waals surface area contributed by atoms with Crippen LogP contribution in [0, 0.1) is 0 Å². The van der Waals surface area contributed by atoms with E-state index < -0.39 is 12.0 Å². The minimum Gasteiger partial charge on any atom is -0.345 e. The van der Waals surface area contributed by atoms with Gasteiger partial charge in [0.2, 0.25) is 11.7 Å². The number of imidazole rings is 1. The first-order chi connectivity index (χ1) is 8.27. The number of hydrogen-bond acceptors (Lipinski definition) is 2. The second-order valence-electron chi connectivity index (χ2n) is 3.81. The van der Waals surface area contributed by atoms with Crippen LogP contribution in [0.2, 0.25) is 0 Å². The molecule has 0 bridgehead atoms. The van der Waals surface area contributed by atoms with E-state index in [1.807, 2.05) is 0 Å². The summed E-state index contributed by atoms with van der Waals surface area (Å²) in [5, 5.41) is 0. The van der Waals surface area contributed by atoms with Crippen molar-refractivity contribution in [3.63, 3.8) is 0 Å². The van der Waals surface area contributed by atoms with E-state index in [9.17, 15) is 18.0 Å². The molecule has 0 aliphatic heterocycles. The van der Waals surface area contributed by atoms with E-state index in [-0.39, 0.29) is 18.1 Å². The summed E-state index contributed by atoms with van der Waals surface area (Å²) in [4.78, 5) is 16.0. The molecule has 1 heterocycles. The summed E-state index contributed by atoms with van der Waals surface area (Å²) in [7, 11) is 3.12. The molecule has 7 heteroatoms. The molecule has 1 amide bonds. The quantitative estimate of drug-likeness (QED) is 0.781. The van der Waals surface area contributed by atoms with Gasteiger partial charge in [-0.05, 0) is 13.0 Å². The smallest absolute Gasteiger partial charge is 0.345 e. The molecule has 18 heavy (non-hydrogen) atoms. The molecule has 4 nitrogen and oxygen atoms in total. The first-order valence-corrected chi connectivity index (χ1v) is 5.29. The summed E-state index contributed by atoms with van der Waals surface area (Å²) in [5.74, 6) is -1.26. The molecular formula is C11H14F3N3O. The molecule has 0 saturated carbocycles.